The van der Waals surface area contributed by atoms with Crippen molar-refractivity contribution in [2.45, 2.75) is 0 Å². The molecule has 0 unspecified atom stereocenters. The average Bonchev–Trinajstić information content (AvgIpc) is 3.21. The van der Waals surface area contributed by atoms with Crippen LogP contribution in [0.25, 0.3) is 28.3 Å². The van der Waals surface area contributed by atoms with Gasteiger partial charge >= 0.3 is 0 Å². The molecule has 0 bridgehead atoms. The first-order chi connectivity index (χ1) is 13.1. The molecule has 3 aromatic heterocycles. The van der Waals surface area contributed by atoms with Gasteiger partial charge in [-0.25, -0.2) is 15.0 Å². The molecule has 3 aromatic rings. The van der Waals surface area contributed by atoms with Crippen LogP contribution in [-0.2, 0) is 0 Å². The third kappa shape index (κ3) is 3.96. The van der Waals surface area contributed by atoms with Crippen LogP contribution in [0.5, 0.6) is 5.88 Å². The van der Waals surface area contributed by atoms with Gasteiger partial charge in [-0.3, -0.25) is 0 Å². The Morgan fingerprint density at radius 2 is 2.19 bits per heavy atom. The highest BCUT2D eigenvalue weighted by Gasteiger charge is 2.21. The monoisotopic (exact) mass is 366 g/mol. The lowest BCUT2D eigenvalue weighted by molar-refractivity contribution is 0.197. The zero-order chi connectivity index (χ0) is 19.2. The Kier molecular flexibility index (Phi) is 5.48. The first-order valence-electron chi connectivity index (χ1n) is 8.07. The largest absolute Gasteiger partial charge is 0.506 e. The van der Waals surface area contributed by atoms with Crippen LogP contribution in [0.2, 0.25) is 0 Å². The first-order valence-corrected chi connectivity index (χ1v) is 8.07. The van der Waals surface area contributed by atoms with E-state index >= 15 is 0 Å². The van der Waals surface area contributed by atoms with Crippen LogP contribution in [0.3, 0.4) is 0 Å². The summed E-state index contributed by atoms with van der Waals surface area (Å²) in [5.41, 5.74) is 7.59. The lowest BCUT2D eigenvalue weighted by atomic mass is 10.00. The van der Waals surface area contributed by atoms with Gasteiger partial charge in [-0.1, -0.05) is 12.7 Å². The van der Waals surface area contributed by atoms with Gasteiger partial charge in [0.05, 0.1) is 12.9 Å². The second-order valence-electron chi connectivity index (χ2n) is 5.37. The Morgan fingerprint density at radius 3 is 2.89 bits per heavy atom. The fraction of sp³-hybridized carbons (Fsp3) is 0.105. The summed E-state index contributed by atoms with van der Waals surface area (Å²) in [4.78, 5) is 12.6. The van der Waals surface area contributed by atoms with Crippen LogP contribution in [0.1, 0.15) is 5.69 Å². The second kappa shape index (κ2) is 8.15. The summed E-state index contributed by atoms with van der Waals surface area (Å²) in [6.45, 7) is 3.56. The highest BCUT2D eigenvalue weighted by atomic mass is 16.5. The third-order valence-corrected chi connectivity index (χ3v) is 3.56. The van der Waals surface area contributed by atoms with E-state index in [4.69, 9.17) is 20.0 Å². The predicted molar refractivity (Wildman–Crippen MR) is 101 cm³/mol. The normalized spacial score (nSPS) is 11.4. The number of allylic oxidation sites excluding steroid dienone is 2. The van der Waals surface area contributed by atoms with E-state index in [1.807, 2.05) is 0 Å². The first kappa shape index (κ1) is 18.2. The smallest absolute Gasteiger partial charge is 0.221 e. The van der Waals surface area contributed by atoms with Crippen molar-refractivity contribution in [3.8, 4) is 28.5 Å². The summed E-state index contributed by atoms with van der Waals surface area (Å²) in [5, 5.41) is 19.4. The Labute approximate surface area is 155 Å². The molecular weight excluding hydrogens is 348 g/mol. The van der Waals surface area contributed by atoms with E-state index in [9.17, 15) is 5.11 Å². The Bertz CT molecular complexity index is 968. The molecule has 3 heterocycles. The molecule has 0 aliphatic rings. The van der Waals surface area contributed by atoms with Gasteiger partial charge in [0.1, 0.15) is 23.8 Å². The molecule has 0 saturated heterocycles. The van der Waals surface area contributed by atoms with E-state index in [0.29, 0.717) is 28.5 Å². The number of furan rings is 1. The van der Waals surface area contributed by atoms with Gasteiger partial charge < -0.3 is 25.1 Å². The number of aliphatic hydroxyl groups is 2. The molecule has 8 heteroatoms. The summed E-state index contributed by atoms with van der Waals surface area (Å²) >= 11 is 0. The SMILES string of the molecule is C=C/C=C(\O)c1nc(N)nc(-c2ccco2)c1-c1ccnc(OCCO)c1. The van der Waals surface area contributed by atoms with Crippen LogP contribution < -0.4 is 10.5 Å². The maximum absolute atomic E-state index is 10.5. The van der Waals surface area contributed by atoms with E-state index in [0.717, 1.165) is 0 Å². The van der Waals surface area contributed by atoms with Crippen molar-refractivity contribution in [1.82, 2.24) is 15.0 Å². The third-order valence-electron chi connectivity index (χ3n) is 3.56. The fourth-order valence-electron chi connectivity index (χ4n) is 2.51. The minimum absolute atomic E-state index is 0.0185. The minimum Gasteiger partial charge on any atom is -0.506 e. The number of hydrogen-bond donors (Lipinski definition) is 3. The predicted octanol–water partition coefficient (Wildman–Crippen LogP) is 2.84. The fourth-order valence-corrected chi connectivity index (χ4v) is 2.51. The van der Waals surface area contributed by atoms with Gasteiger partial charge in [0.15, 0.2) is 5.76 Å². The maximum Gasteiger partial charge on any atom is 0.221 e. The summed E-state index contributed by atoms with van der Waals surface area (Å²) in [6.07, 6.45) is 5.90. The molecule has 27 heavy (non-hydrogen) atoms. The van der Waals surface area contributed by atoms with E-state index in [1.165, 1.54) is 18.4 Å². The van der Waals surface area contributed by atoms with Crippen LogP contribution in [0, 0.1) is 0 Å². The number of rotatable bonds is 7. The van der Waals surface area contributed by atoms with Crippen molar-refractivity contribution in [3.05, 3.63) is 61.2 Å². The lowest BCUT2D eigenvalue weighted by Crippen LogP contribution is -2.06. The number of aromatic nitrogens is 3. The number of nitrogens with two attached hydrogens (primary N) is 1. The molecule has 0 aromatic carbocycles. The van der Waals surface area contributed by atoms with Crippen molar-refractivity contribution >= 4 is 11.7 Å². The summed E-state index contributed by atoms with van der Waals surface area (Å²) < 4.78 is 10.9. The zero-order valence-electron chi connectivity index (χ0n) is 14.4. The number of pyridine rings is 1. The zero-order valence-corrected chi connectivity index (χ0v) is 14.4. The molecule has 0 spiro atoms. The van der Waals surface area contributed by atoms with E-state index in [1.54, 1.807) is 30.5 Å². The molecule has 0 atom stereocenters. The summed E-state index contributed by atoms with van der Waals surface area (Å²) in [6, 6.07) is 6.83. The standard InChI is InChI=1S/C19H18N4O4/c1-2-4-13(25)17-16(12-6-7-21-15(11-12)27-10-8-24)18(23-19(20)22-17)14-5-3-9-26-14/h2-7,9,11,24-25H,1,8,10H2,(H2,20,22,23)/b13-4-. The van der Waals surface area contributed by atoms with Crippen LogP contribution in [-0.4, -0.2) is 38.4 Å². The molecular formula is C19H18N4O4. The van der Waals surface area contributed by atoms with E-state index < -0.39 is 0 Å². The van der Waals surface area contributed by atoms with Crippen molar-refractivity contribution in [2.75, 3.05) is 18.9 Å². The van der Waals surface area contributed by atoms with Gasteiger partial charge in [0.25, 0.3) is 0 Å². The summed E-state index contributed by atoms with van der Waals surface area (Å²) in [7, 11) is 0. The Morgan fingerprint density at radius 1 is 1.33 bits per heavy atom. The number of hydrogen-bond acceptors (Lipinski definition) is 8. The molecule has 0 radical (unpaired) electrons. The topological polar surface area (TPSA) is 128 Å². The van der Waals surface area contributed by atoms with Gasteiger partial charge in [-0.2, -0.15) is 0 Å². The molecule has 3 rings (SSSR count). The van der Waals surface area contributed by atoms with Crippen molar-refractivity contribution < 1.29 is 19.4 Å². The van der Waals surface area contributed by atoms with E-state index in [-0.39, 0.29) is 30.6 Å². The second-order valence-corrected chi connectivity index (χ2v) is 5.37. The van der Waals surface area contributed by atoms with Gasteiger partial charge in [-0.15, -0.1) is 0 Å². The van der Waals surface area contributed by atoms with Crippen LogP contribution >= 0.6 is 0 Å². The lowest BCUT2D eigenvalue weighted by Gasteiger charge is -2.14. The Hall–Kier alpha value is -3.65. The Balaban J connectivity index is 2.26. The number of nitrogens with zero attached hydrogens (tertiary/aromatic N) is 3. The summed E-state index contributed by atoms with van der Waals surface area (Å²) in [5.74, 6) is 0.620. The molecule has 138 valence electrons. The molecule has 0 saturated carbocycles. The highest BCUT2D eigenvalue weighted by Crippen LogP contribution is 2.36. The molecule has 0 fully saturated rings. The van der Waals surface area contributed by atoms with Gasteiger partial charge in [0.2, 0.25) is 11.8 Å². The highest BCUT2D eigenvalue weighted by molar-refractivity contribution is 5.87. The van der Waals surface area contributed by atoms with Crippen LogP contribution in [0.4, 0.5) is 5.95 Å². The molecule has 0 aliphatic carbocycles. The van der Waals surface area contributed by atoms with Gasteiger partial charge in [-0.05, 0) is 29.8 Å². The molecule has 0 amide bonds. The van der Waals surface area contributed by atoms with Crippen molar-refractivity contribution in [1.29, 1.82) is 0 Å². The quantitative estimate of drug-likeness (QED) is 0.430. The molecule has 0 aliphatic heterocycles. The average molecular weight is 366 g/mol. The number of ether oxygens (including phenoxy) is 1. The number of nitrogen functional groups attached to an aromatic ring is 1. The van der Waals surface area contributed by atoms with E-state index in [2.05, 4.69) is 21.5 Å². The van der Waals surface area contributed by atoms with Crippen molar-refractivity contribution in [2.24, 2.45) is 0 Å². The van der Waals surface area contributed by atoms with Gasteiger partial charge in [0, 0.05) is 17.8 Å². The minimum atomic E-state index is -0.136. The maximum atomic E-state index is 10.5. The number of anilines is 1. The molecule has 8 nitrogen and oxygen atoms in total. The van der Waals surface area contributed by atoms with Crippen molar-refractivity contribution in [3.63, 3.8) is 0 Å². The molecule has 4 N–H and O–H groups in total. The van der Waals surface area contributed by atoms with Crippen LogP contribution in [0.15, 0.2) is 59.9 Å². The number of aliphatic hydroxyl groups excluding tert-OH is 2.